The first kappa shape index (κ1) is 16.0. The molecule has 0 atom stereocenters. The molecule has 110 valence electrons. The van der Waals surface area contributed by atoms with Gasteiger partial charge in [-0.15, -0.1) is 0 Å². The van der Waals surface area contributed by atoms with Crippen LogP contribution in [0, 0.1) is 0 Å². The van der Waals surface area contributed by atoms with Crippen LogP contribution in [-0.2, 0) is 9.59 Å². The van der Waals surface area contributed by atoms with Crippen LogP contribution in [0.15, 0.2) is 24.3 Å². The molecule has 1 aromatic carbocycles. The van der Waals surface area contributed by atoms with Gasteiger partial charge >= 0.3 is 11.8 Å². The van der Waals surface area contributed by atoms with Crippen molar-refractivity contribution >= 4 is 17.5 Å². The van der Waals surface area contributed by atoms with E-state index >= 15 is 0 Å². The second kappa shape index (κ2) is 8.16. The Balaban J connectivity index is 2.55. The zero-order valence-corrected chi connectivity index (χ0v) is 12.1. The van der Waals surface area contributed by atoms with Crippen molar-refractivity contribution < 1.29 is 14.3 Å². The molecule has 6 heteroatoms. The van der Waals surface area contributed by atoms with E-state index in [9.17, 15) is 9.59 Å². The number of benzene rings is 1. The number of hydrogen-bond donors (Lipinski definition) is 2. The highest BCUT2D eigenvalue weighted by atomic mass is 16.5. The van der Waals surface area contributed by atoms with Crippen LogP contribution in [0.4, 0.5) is 5.69 Å². The fourth-order valence-electron chi connectivity index (χ4n) is 1.50. The van der Waals surface area contributed by atoms with E-state index in [1.807, 2.05) is 25.9 Å². The molecule has 0 aliphatic rings. The number of nitrogens with zero attached hydrogens (tertiary/aromatic N) is 1. The summed E-state index contributed by atoms with van der Waals surface area (Å²) in [5, 5.41) is 5.10. The Kier molecular flexibility index (Phi) is 6.52. The second-order valence-corrected chi connectivity index (χ2v) is 4.44. The smallest absolute Gasteiger partial charge is 0.313 e. The standard InChI is InChI=1S/C14H21N3O3/c1-4-20-12-8-6-5-7-11(12)16-14(19)13(18)15-9-10-17(2)3/h5-8H,4,9-10H2,1-3H3,(H,15,18)(H,16,19). The summed E-state index contributed by atoms with van der Waals surface area (Å²) in [5.74, 6) is -0.807. The van der Waals surface area contributed by atoms with Crippen molar-refractivity contribution in [3.63, 3.8) is 0 Å². The fraction of sp³-hybridized carbons (Fsp3) is 0.429. The summed E-state index contributed by atoms with van der Waals surface area (Å²) in [6.45, 7) is 3.44. The molecular weight excluding hydrogens is 258 g/mol. The Hall–Kier alpha value is -2.08. The van der Waals surface area contributed by atoms with Gasteiger partial charge in [0.15, 0.2) is 0 Å². The lowest BCUT2D eigenvalue weighted by molar-refractivity contribution is -0.136. The van der Waals surface area contributed by atoms with Gasteiger partial charge in [-0.2, -0.15) is 0 Å². The number of para-hydroxylation sites is 2. The van der Waals surface area contributed by atoms with Crippen LogP contribution in [0.3, 0.4) is 0 Å². The highest BCUT2D eigenvalue weighted by Gasteiger charge is 2.15. The van der Waals surface area contributed by atoms with Crippen LogP contribution in [0.5, 0.6) is 5.75 Å². The van der Waals surface area contributed by atoms with Gasteiger partial charge in [0.1, 0.15) is 5.75 Å². The van der Waals surface area contributed by atoms with E-state index < -0.39 is 11.8 Å². The predicted molar refractivity (Wildman–Crippen MR) is 77.8 cm³/mol. The van der Waals surface area contributed by atoms with E-state index in [2.05, 4.69) is 10.6 Å². The highest BCUT2D eigenvalue weighted by molar-refractivity contribution is 6.39. The summed E-state index contributed by atoms with van der Waals surface area (Å²) < 4.78 is 5.38. The first-order valence-corrected chi connectivity index (χ1v) is 6.50. The molecule has 0 saturated carbocycles. The molecule has 0 radical (unpaired) electrons. The molecule has 0 unspecified atom stereocenters. The Bertz CT molecular complexity index is 461. The Morgan fingerprint density at radius 1 is 1.20 bits per heavy atom. The van der Waals surface area contributed by atoms with Gasteiger partial charge in [0.25, 0.3) is 0 Å². The summed E-state index contributed by atoms with van der Waals surface area (Å²) in [4.78, 5) is 25.3. The minimum atomic E-state index is -0.698. The zero-order valence-electron chi connectivity index (χ0n) is 12.1. The minimum absolute atomic E-state index is 0.423. The van der Waals surface area contributed by atoms with Crippen LogP contribution in [0.25, 0.3) is 0 Å². The average molecular weight is 279 g/mol. The van der Waals surface area contributed by atoms with Gasteiger partial charge in [0, 0.05) is 13.1 Å². The lowest BCUT2D eigenvalue weighted by Crippen LogP contribution is -2.38. The number of ether oxygens (including phenoxy) is 1. The zero-order chi connectivity index (χ0) is 15.0. The van der Waals surface area contributed by atoms with Crippen LogP contribution in [0.1, 0.15) is 6.92 Å². The van der Waals surface area contributed by atoms with Crippen molar-refractivity contribution in [2.24, 2.45) is 0 Å². The number of carbonyl (C=O) groups excluding carboxylic acids is 2. The molecular formula is C14H21N3O3. The highest BCUT2D eigenvalue weighted by Crippen LogP contribution is 2.23. The summed E-state index contributed by atoms with van der Waals surface area (Å²) >= 11 is 0. The normalized spacial score (nSPS) is 10.2. The Labute approximate surface area is 119 Å². The molecule has 0 aliphatic heterocycles. The van der Waals surface area contributed by atoms with Crippen molar-refractivity contribution in [1.29, 1.82) is 0 Å². The predicted octanol–water partition coefficient (Wildman–Crippen LogP) is 0.702. The topological polar surface area (TPSA) is 70.7 Å². The van der Waals surface area contributed by atoms with E-state index in [1.54, 1.807) is 24.3 Å². The van der Waals surface area contributed by atoms with Crippen molar-refractivity contribution in [2.75, 3.05) is 39.1 Å². The average Bonchev–Trinajstić information content (AvgIpc) is 2.40. The first-order valence-electron chi connectivity index (χ1n) is 6.50. The summed E-state index contributed by atoms with van der Waals surface area (Å²) in [5.41, 5.74) is 0.488. The maximum absolute atomic E-state index is 11.8. The largest absolute Gasteiger partial charge is 0.492 e. The SMILES string of the molecule is CCOc1ccccc1NC(=O)C(=O)NCCN(C)C. The fourth-order valence-corrected chi connectivity index (χ4v) is 1.50. The molecule has 0 fully saturated rings. The van der Waals surface area contributed by atoms with Gasteiger partial charge in [-0.3, -0.25) is 9.59 Å². The van der Waals surface area contributed by atoms with E-state index in [0.717, 1.165) is 0 Å². The van der Waals surface area contributed by atoms with Crippen LogP contribution in [-0.4, -0.2) is 50.5 Å². The third-order valence-corrected chi connectivity index (χ3v) is 2.49. The number of rotatable bonds is 6. The third kappa shape index (κ3) is 5.27. The minimum Gasteiger partial charge on any atom is -0.492 e. The molecule has 20 heavy (non-hydrogen) atoms. The molecule has 1 aromatic rings. The van der Waals surface area contributed by atoms with E-state index in [0.29, 0.717) is 31.1 Å². The molecule has 0 aliphatic carbocycles. The summed E-state index contributed by atoms with van der Waals surface area (Å²) in [6, 6.07) is 7.00. The number of nitrogens with one attached hydrogen (secondary N) is 2. The lowest BCUT2D eigenvalue weighted by Gasteiger charge is -2.12. The molecule has 2 amide bonds. The van der Waals surface area contributed by atoms with Gasteiger partial charge in [-0.1, -0.05) is 12.1 Å². The van der Waals surface area contributed by atoms with Crippen molar-refractivity contribution in [3.8, 4) is 5.75 Å². The maximum atomic E-state index is 11.8. The number of likely N-dealkylation sites (N-methyl/N-ethyl adjacent to an activating group) is 1. The molecule has 0 bridgehead atoms. The number of hydrogen-bond acceptors (Lipinski definition) is 4. The Morgan fingerprint density at radius 2 is 1.90 bits per heavy atom. The maximum Gasteiger partial charge on any atom is 0.313 e. The second-order valence-electron chi connectivity index (χ2n) is 4.44. The quantitative estimate of drug-likeness (QED) is 0.752. The monoisotopic (exact) mass is 279 g/mol. The van der Waals surface area contributed by atoms with Crippen molar-refractivity contribution in [3.05, 3.63) is 24.3 Å². The Morgan fingerprint density at radius 3 is 2.55 bits per heavy atom. The molecule has 2 N–H and O–H groups in total. The van der Waals surface area contributed by atoms with Crippen molar-refractivity contribution in [2.45, 2.75) is 6.92 Å². The molecule has 0 saturated heterocycles. The molecule has 1 rings (SSSR count). The van der Waals surface area contributed by atoms with Gasteiger partial charge in [0.2, 0.25) is 0 Å². The van der Waals surface area contributed by atoms with E-state index in [-0.39, 0.29) is 0 Å². The van der Waals surface area contributed by atoms with Gasteiger partial charge in [-0.05, 0) is 33.2 Å². The number of carbonyl (C=O) groups is 2. The van der Waals surface area contributed by atoms with Gasteiger partial charge in [-0.25, -0.2) is 0 Å². The third-order valence-electron chi connectivity index (χ3n) is 2.49. The van der Waals surface area contributed by atoms with Crippen molar-refractivity contribution in [1.82, 2.24) is 10.2 Å². The van der Waals surface area contributed by atoms with Gasteiger partial charge in [0.05, 0.1) is 12.3 Å². The number of anilines is 1. The van der Waals surface area contributed by atoms with Gasteiger partial charge < -0.3 is 20.3 Å². The molecule has 0 aromatic heterocycles. The van der Waals surface area contributed by atoms with Crippen LogP contribution in [0.2, 0.25) is 0 Å². The molecule has 0 heterocycles. The molecule has 6 nitrogen and oxygen atoms in total. The first-order chi connectivity index (χ1) is 9.54. The molecule has 0 spiro atoms. The number of amides is 2. The van der Waals surface area contributed by atoms with Crippen LogP contribution >= 0.6 is 0 Å². The van der Waals surface area contributed by atoms with Crippen LogP contribution < -0.4 is 15.4 Å². The lowest BCUT2D eigenvalue weighted by atomic mass is 10.3. The van der Waals surface area contributed by atoms with E-state index in [4.69, 9.17) is 4.74 Å². The van der Waals surface area contributed by atoms with E-state index in [1.165, 1.54) is 0 Å². The summed E-state index contributed by atoms with van der Waals surface area (Å²) in [7, 11) is 3.79. The summed E-state index contributed by atoms with van der Waals surface area (Å²) in [6.07, 6.45) is 0.